The standard InChI is InChI=1S/2C30H32FN5O3/c1-19(2)36-26-13-7-6-11-24(26)34-28(36)25(12-8-16-33-27(32)18-31)35-29(37)23-17-21(14-15-22(23)30(38)39)20-9-4-3-5-10-20;1-19(2)36-26-13-7-6-11-24(26)34-28(36)25(12-8-16-33-27(32)18-31)35-29(37)22-15-14-21(17-23(22)30(38)39)20-9-4-3-5-10-20/h2*3-7,9-11,13-15,17,19,25H,8,12,16,18H2,1-2H3,(H2,32,33)(H,35,37)(H,38,39)/t2*25-/m00/s1. The maximum atomic E-state index is 13.7. The lowest BCUT2D eigenvalue weighted by atomic mass is 9.98. The molecule has 8 aromatic rings. The summed E-state index contributed by atoms with van der Waals surface area (Å²) >= 11 is 0. The molecule has 0 aliphatic rings. The van der Waals surface area contributed by atoms with Gasteiger partial charge >= 0.3 is 11.9 Å². The number of halogens is 2. The van der Waals surface area contributed by atoms with E-state index in [0.717, 1.165) is 38.8 Å². The molecule has 0 fully saturated rings. The molecule has 8 rings (SSSR count). The van der Waals surface area contributed by atoms with Crippen molar-refractivity contribution < 1.29 is 38.2 Å². The molecule has 2 heterocycles. The molecular weight excluding hydrogens is 995 g/mol. The van der Waals surface area contributed by atoms with Crippen LogP contribution in [-0.4, -0.2) is 91.2 Å². The van der Waals surface area contributed by atoms with Crippen LogP contribution in [0.1, 0.15) is 131 Å². The number of para-hydroxylation sites is 4. The highest BCUT2D eigenvalue weighted by atomic mass is 19.1. The molecule has 0 spiro atoms. The van der Waals surface area contributed by atoms with Gasteiger partial charge in [0.1, 0.15) is 36.7 Å². The molecule has 2 atom stereocenters. The Kier molecular flexibility index (Phi) is 19.3. The van der Waals surface area contributed by atoms with E-state index in [-0.39, 0.29) is 59.1 Å². The van der Waals surface area contributed by atoms with Gasteiger partial charge in [-0.05, 0) is 124 Å². The lowest BCUT2D eigenvalue weighted by Gasteiger charge is -2.22. The number of carbonyl (C=O) groups is 4. The first kappa shape index (κ1) is 56.7. The number of nitrogens with two attached hydrogens (primary N) is 2. The van der Waals surface area contributed by atoms with E-state index in [2.05, 4.69) is 29.8 Å². The zero-order valence-electron chi connectivity index (χ0n) is 43.9. The zero-order chi connectivity index (χ0) is 55.9. The molecule has 0 saturated carbocycles. The highest BCUT2D eigenvalue weighted by Crippen LogP contribution is 2.31. The molecule has 16 nitrogen and oxygen atoms in total. The summed E-state index contributed by atoms with van der Waals surface area (Å²) in [5.74, 6) is -2.28. The number of hydrogen-bond donors (Lipinski definition) is 6. The number of nitrogens with one attached hydrogen (secondary N) is 2. The molecule has 0 unspecified atom stereocenters. The fraction of sp³-hybridized carbons (Fsp3) is 0.267. The van der Waals surface area contributed by atoms with Crippen LogP contribution in [0.2, 0.25) is 0 Å². The summed E-state index contributed by atoms with van der Waals surface area (Å²) < 4.78 is 29.6. The van der Waals surface area contributed by atoms with Crippen molar-refractivity contribution in [3.63, 3.8) is 0 Å². The number of amidine groups is 2. The van der Waals surface area contributed by atoms with Crippen LogP contribution in [0.5, 0.6) is 0 Å². The maximum Gasteiger partial charge on any atom is 0.336 e. The lowest BCUT2D eigenvalue weighted by molar-refractivity contribution is 0.0682. The first-order valence-corrected chi connectivity index (χ1v) is 25.7. The Morgan fingerprint density at radius 1 is 0.513 bits per heavy atom. The van der Waals surface area contributed by atoms with E-state index in [0.29, 0.717) is 42.9 Å². The minimum absolute atomic E-state index is 0.0444. The molecular formula is C60H64F2N10O6. The molecule has 0 bridgehead atoms. The first-order valence-electron chi connectivity index (χ1n) is 25.7. The van der Waals surface area contributed by atoms with E-state index >= 15 is 0 Å². The number of aliphatic imine (C=N–C) groups is 2. The van der Waals surface area contributed by atoms with Crippen LogP contribution in [0.25, 0.3) is 44.3 Å². The molecule has 0 saturated heterocycles. The van der Waals surface area contributed by atoms with E-state index in [1.807, 2.05) is 137 Å². The number of nitrogens with zero attached hydrogens (tertiary/aromatic N) is 6. The molecule has 8 N–H and O–H groups in total. The van der Waals surface area contributed by atoms with Gasteiger partial charge in [-0.1, -0.05) is 97.1 Å². The van der Waals surface area contributed by atoms with Crippen LogP contribution in [0.3, 0.4) is 0 Å². The van der Waals surface area contributed by atoms with Crippen LogP contribution < -0.4 is 22.1 Å². The number of benzene rings is 6. The van der Waals surface area contributed by atoms with Crippen molar-refractivity contribution in [1.29, 1.82) is 0 Å². The van der Waals surface area contributed by atoms with Gasteiger partial charge in [0.05, 0.1) is 56.4 Å². The van der Waals surface area contributed by atoms with Crippen molar-refractivity contribution in [2.45, 2.75) is 77.5 Å². The number of fused-ring (bicyclic) bond motifs is 2. The first-order chi connectivity index (χ1) is 37.6. The molecule has 2 aromatic heterocycles. The number of carboxylic acids is 2. The minimum Gasteiger partial charge on any atom is -0.478 e. The van der Waals surface area contributed by atoms with Gasteiger partial charge in [0, 0.05) is 25.2 Å². The van der Waals surface area contributed by atoms with Gasteiger partial charge in [0.25, 0.3) is 11.8 Å². The van der Waals surface area contributed by atoms with Gasteiger partial charge in [-0.2, -0.15) is 0 Å². The maximum absolute atomic E-state index is 13.7. The van der Waals surface area contributed by atoms with Gasteiger partial charge in [0.2, 0.25) is 0 Å². The summed E-state index contributed by atoms with van der Waals surface area (Å²) in [4.78, 5) is 69.2. The van der Waals surface area contributed by atoms with Gasteiger partial charge in [-0.15, -0.1) is 0 Å². The number of carboxylic acid groups (broad SMARTS) is 2. The number of alkyl halides is 2. The quantitative estimate of drug-likeness (QED) is 0.0213. The summed E-state index contributed by atoms with van der Waals surface area (Å²) in [7, 11) is 0. The van der Waals surface area contributed by atoms with E-state index < -0.39 is 49.2 Å². The highest BCUT2D eigenvalue weighted by molar-refractivity contribution is 6.07. The number of imidazole rings is 2. The van der Waals surface area contributed by atoms with Crippen LogP contribution in [-0.2, 0) is 0 Å². The molecule has 0 aliphatic heterocycles. The molecule has 0 aliphatic carbocycles. The van der Waals surface area contributed by atoms with Crippen molar-refractivity contribution in [3.8, 4) is 22.3 Å². The van der Waals surface area contributed by atoms with E-state index in [9.17, 15) is 38.2 Å². The third kappa shape index (κ3) is 13.9. The van der Waals surface area contributed by atoms with Crippen molar-refractivity contribution in [3.05, 3.63) is 179 Å². The Hall–Kier alpha value is -9.06. The molecule has 78 heavy (non-hydrogen) atoms. The monoisotopic (exact) mass is 1060 g/mol. The van der Waals surface area contributed by atoms with Crippen LogP contribution in [0.4, 0.5) is 8.78 Å². The Labute approximate surface area is 451 Å². The summed E-state index contributed by atoms with van der Waals surface area (Å²) in [6.07, 6.45) is 1.88. The predicted octanol–water partition coefficient (Wildman–Crippen LogP) is 11.1. The van der Waals surface area contributed by atoms with Gasteiger partial charge in [0.15, 0.2) is 0 Å². The van der Waals surface area contributed by atoms with Crippen LogP contribution in [0.15, 0.2) is 156 Å². The van der Waals surface area contributed by atoms with Crippen molar-refractivity contribution in [1.82, 2.24) is 29.7 Å². The topological polar surface area (TPSA) is 245 Å². The third-order valence-corrected chi connectivity index (χ3v) is 12.9. The van der Waals surface area contributed by atoms with Gasteiger partial charge < -0.3 is 41.4 Å². The summed E-state index contributed by atoms with van der Waals surface area (Å²) in [5, 5.41) is 25.8. The number of hydrogen-bond acceptors (Lipinski definition) is 8. The smallest absolute Gasteiger partial charge is 0.336 e. The zero-order valence-corrected chi connectivity index (χ0v) is 43.9. The minimum atomic E-state index is -1.19. The fourth-order valence-electron chi connectivity index (χ4n) is 9.29. The van der Waals surface area contributed by atoms with E-state index in [4.69, 9.17) is 21.4 Å². The predicted molar refractivity (Wildman–Crippen MR) is 302 cm³/mol. The lowest BCUT2D eigenvalue weighted by Crippen LogP contribution is -2.32. The Morgan fingerprint density at radius 2 is 0.897 bits per heavy atom. The molecule has 18 heteroatoms. The fourth-order valence-corrected chi connectivity index (χ4v) is 9.29. The van der Waals surface area contributed by atoms with E-state index in [1.54, 1.807) is 18.2 Å². The Balaban J connectivity index is 0.000000226. The number of carbonyl (C=O) groups excluding carboxylic acids is 2. The normalized spacial score (nSPS) is 12.6. The highest BCUT2D eigenvalue weighted by Gasteiger charge is 2.28. The molecule has 6 aromatic carbocycles. The number of amides is 2. The summed E-state index contributed by atoms with van der Waals surface area (Å²) in [6, 6.07) is 42.8. The Bertz CT molecular complexity index is 3450. The van der Waals surface area contributed by atoms with Crippen LogP contribution in [0, 0.1) is 0 Å². The summed E-state index contributed by atoms with van der Waals surface area (Å²) in [5.41, 5.74) is 17.5. The largest absolute Gasteiger partial charge is 0.478 e. The molecule has 404 valence electrons. The molecule has 2 amide bonds. The number of rotatable bonds is 22. The van der Waals surface area contributed by atoms with Gasteiger partial charge in [-0.3, -0.25) is 19.6 Å². The second-order valence-electron chi connectivity index (χ2n) is 19.1. The SMILES string of the molecule is CC(C)n1c([C@H](CCCN=C(N)CF)NC(=O)c2cc(-c3ccccc3)ccc2C(=O)O)nc2ccccc21.CC(C)n1c([C@H](CCCN=C(N)CF)NC(=O)c2ccc(-c3ccccc3)cc2C(=O)O)nc2ccccc21. The second kappa shape index (κ2) is 26.6. The Morgan fingerprint density at radius 3 is 1.31 bits per heavy atom. The van der Waals surface area contributed by atoms with E-state index in [1.165, 1.54) is 18.2 Å². The van der Waals surface area contributed by atoms with Crippen molar-refractivity contribution in [2.75, 3.05) is 26.4 Å². The number of aromatic carboxylic acids is 2. The average Bonchev–Trinajstić information content (AvgIpc) is 4.09. The molecule has 0 radical (unpaired) electrons. The van der Waals surface area contributed by atoms with Crippen LogP contribution >= 0.6 is 0 Å². The number of aromatic nitrogens is 4. The van der Waals surface area contributed by atoms with Crippen molar-refractivity contribution >= 4 is 57.5 Å². The second-order valence-corrected chi connectivity index (χ2v) is 19.1. The van der Waals surface area contributed by atoms with Gasteiger partial charge in [-0.25, -0.2) is 28.3 Å². The average molecular weight is 1060 g/mol. The third-order valence-electron chi connectivity index (χ3n) is 12.9. The summed E-state index contributed by atoms with van der Waals surface area (Å²) in [6.45, 7) is 7.08. The van der Waals surface area contributed by atoms with Crippen molar-refractivity contribution in [2.24, 2.45) is 21.5 Å².